The van der Waals surface area contributed by atoms with Crippen molar-refractivity contribution in [1.82, 2.24) is 0 Å². The maximum Gasteiger partial charge on any atom is 0.413 e. The summed E-state index contributed by atoms with van der Waals surface area (Å²) in [5.41, 5.74) is 1.97. The normalized spacial score (nSPS) is 12.1. The van der Waals surface area contributed by atoms with Gasteiger partial charge in [0.1, 0.15) is 5.75 Å². The number of anilines is 1. The molecule has 0 saturated carbocycles. The van der Waals surface area contributed by atoms with Crippen molar-refractivity contribution in [3.8, 4) is 5.75 Å². The number of rotatable bonds is 8. The molecule has 1 N–H and O–H groups in total. The minimum atomic E-state index is -4.30. The van der Waals surface area contributed by atoms with Gasteiger partial charge in [-0.25, -0.2) is 0 Å². The minimum Gasteiger partial charge on any atom is -0.495 e. The van der Waals surface area contributed by atoms with Crippen molar-refractivity contribution in [3.05, 3.63) is 23.8 Å². The highest BCUT2D eigenvalue weighted by Crippen LogP contribution is 2.25. The van der Waals surface area contributed by atoms with Crippen LogP contribution in [0.2, 0.25) is 0 Å². The maximum absolute atomic E-state index is 12.0. The van der Waals surface area contributed by atoms with Crippen LogP contribution in [0.15, 0.2) is 18.2 Å². The van der Waals surface area contributed by atoms with Gasteiger partial charge >= 0.3 is 6.18 Å². The number of alkyl halides is 3. The van der Waals surface area contributed by atoms with Gasteiger partial charge < -0.3 is 14.2 Å². The molecular weight excluding hydrogens is 327 g/mol. The van der Waals surface area contributed by atoms with E-state index in [2.05, 4.69) is 15.4 Å². The summed E-state index contributed by atoms with van der Waals surface area (Å²) in [7, 11) is 0.664. The highest BCUT2D eigenvalue weighted by molar-refractivity contribution is 8.09. The van der Waals surface area contributed by atoms with Crippen molar-refractivity contribution < 1.29 is 22.1 Å². The van der Waals surface area contributed by atoms with Crippen molar-refractivity contribution >= 4 is 22.3 Å². The standard InChI is InChI=1S/C14H20F3NO2S.C2H6/c1-11-5-6-13(19-2)12(9-11)18-7-4-8-21(3)20-10-14(15,16)17;1-2/h5-6,9,18H,3-4,7-8,10H2,1-2H3;1-2H3. The molecule has 1 atom stereocenters. The second kappa shape index (κ2) is 11.3. The van der Waals surface area contributed by atoms with Gasteiger partial charge in [-0.05, 0) is 36.9 Å². The first-order chi connectivity index (χ1) is 10.8. The topological polar surface area (TPSA) is 30.5 Å². The lowest BCUT2D eigenvalue weighted by molar-refractivity contribution is -0.150. The smallest absolute Gasteiger partial charge is 0.413 e. The number of hydrogen-bond acceptors (Lipinski definition) is 3. The predicted molar refractivity (Wildman–Crippen MR) is 93.8 cm³/mol. The fourth-order valence-electron chi connectivity index (χ4n) is 1.63. The van der Waals surface area contributed by atoms with Gasteiger partial charge in [-0.3, -0.25) is 0 Å². The molecule has 0 amide bonds. The Morgan fingerprint density at radius 1 is 1.26 bits per heavy atom. The fraction of sp³-hybridized carbons (Fsp3) is 0.562. The summed E-state index contributed by atoms with van der Waals surface area (Å²) >= 11 is 0. The van der Waals surface area contributed by atoms with E-state index in [1.54, 1.807) is 7.11 Å². The Morgan fingerprint density at radius 3 is 2.48 bits per heavy atom. The summed E-state index contributed by atoms with van der Waals surface area (Å²) < 4.78 is 45.8. The summed E-state index contributed by atoms with van der Waals surface area (Å²) in [6.45, 7) is 5.36. The van der Waals surface area contributed by atoms with Gasteiger partial charge in [0.25, 0.3) is 0 Å². The number of hydrogen-bond donors (Lipinski definition) is 1. The molecule has 134 valence electrons. The molecule has 1 unspecified atom stereocenters. The molecule has 0 radical (unpaired) electrons. The molecule has 0 aliphatic carbocycles. The Balaban J connectivity index is 0.00000232. The molecule has 1 aromatic carbocycles. The van der Waals surface area contributed by atoms with Crippen molar-refractivity contribution in [2.75, 3.05) is 31.3 Å². The molecule has 0 heterocycles. The minimum absolute atomic E-state index is 0.483. The van der Waals surface area contributed by atoms with Crippen molar-refractivity contribution in [1.29, 1.82) is 0 Å². The molecular formula is C16H26F3NO2S. The summed E-state index contributed by atoms with van der Waals surface area (Å²) in [5, 5.41) is 3.21. The third kappa shape index (κ3) is 10.2. The third-order valence-electron chi connectivity index (χ3n) is 2.61. The van der Waals surface area contributed by atoms with Crippen molar-refractivity contribution in [2.24, 2.45) is 0 Å². The van der Waals surface area contributed by atoms with Gasteiger partial charge in [-0.15, -0.1) is 0 Å². The lowest BCUT2D eigenvalue weighted by Crippen LogP contribution is -2.15. The zero-order chi connectivity index (χ0) is 17.9. The second-order valence-electron chi connectivity index (χ2n) is 4.51. The number of ether oxygens (including phenoxy) is 1. The van der Waals surface area contributed by atoms with E-state index in [0.29, 0.717) is 18.7 Å². The monoisotopic (exact) mass is 353 g/mol. The zero-order valence-electron chi connectivity index (χ0n) is 14.1. The Morgan fingerprint density at radius 2 is 1.91 bits per heavy atom. The average molecular weight is 353 g/mol. The summed E-state index contributed by atoms with van der Waals surface area (Å²) in [6, 6.07) is 5.78. The molecule has 0 bridgehead atoms. The van der Waals surface area contributed by atoms with Crippen LogP contribution in [0.3, 0.4) is 0 Å². The lowest BCUT2D eigenvalue weighted by Gasteiger charge is -2.13. The molecule has 7 heteroatoms. The lowest BCUT2D eigenvalue weighted by atomic mass is 10.2. The number of nitrogens with one attached hydrogen (secondary N) is 1. The number of aryl methyl sites for hydroxylation is 1. The number of benzene rings is 1. The molecule has 0 aliphatic rings. The molecule has 23 heavy (non-hydrogen) atoms. The largest absolute Gasteiger partial charge is 0.495 e. The van der Waals surface area contributed by atoms with E-state index in [4.69, 9.17) is 4.74 Å². The van der Waals surface area contributed by atoms with Crippen LogP contribution in [0.5, 0.6) is 5.75 Å². The van der Waals surface area contributed by atoms with E-state index >= 15 is 0 Å². The molecule has 0 saturated heterocycles. The summed E-state index contributed by atoms with van der Waals surface area (Å²) in [4.78, 5) is 0. The quantitative estimate of drug-likeness (QED) is 0.525. The van der Waals surface area contributed by atoms with Crippen LogP contribution >= 0.6 is 10.8 Å². The Bertz CT molecular complexity index is 479. The zero-order valence-corrected chi connectivity index (χ0v) is 14.9. The highest BCUT2D eigenvalue weighted by atomic mass is 32.2. The van der Waals surface area contributed by atoms with E-state index in [9.17, 15) is 13.2 Å². The van der Waals surface area contributed by atoms with Crippen LogP contribution in [0.25, 0.3) is 0 Å². The molecule has 1 rings (SSSR count). The Hall–Kier alpha value is -1.21. The van der Waals surface area contributed by atoms with E-state index in [-0.39, 0.29) is 0 Å². The molecule has 0 aliphatic heterocycles. The number of methoxy groups -OCH3 is 1. The van der Waals surface area contributed by atoms with Gasteiger partial charge in [0.15, 0.2) is 6.61 Å². The van der Waals surface area contributed by atoms with E-state index in [1.807, 2.05) is 39.0 Å². The maximum atomic E-state index is 12.0. The van der Waals surface area contributed by atoms with Crippen LogP contribution in [-0.2, 0) is 4.18 Å². The van der Waals surface area contributed by atoms with Gasteiger partial charge in [0.05, 0.1) is 12.8 Å². The van der Waals surface area contributed by atoms with E-state index in [0.717, 1.165) is 17.0 Å². The van der Waals surface area contributed by atoms with Crippen molar-refractivity contribution in [3.63, 3.8) is 0 Å². The van der Waals surface area contributed by atoms with Crippen LogP contribution < -0.4 is 10.1 Å². The third-order valence-corrected chi connectivity index (χ3v) is 3.80. The molecule has 0 fully saturated rings. The van der Waals surface area contributed by atoms with Gasteiger partial charge in [-0.2, -0.15) is 13.2 Å². The van der Waals surface area contributed by atoms with E-state index in [1.165, 1.54) is 0 Å². The summed E-state index contributed by atoms with van der Waals surface area (Å²) in [6.07, 6.45) is -3.63. The van der Waals surface area contributed by atoms with E-state index < -0.39 is 23.5 Å². The second-order valence-corrected chi connectivity index (χ2v) is 6.03. The van der Waals surface area contributed by atoms with Crippen molar-refractivity contribution in [2.45, 2.75) is 33.4 Å². The van der Waals surface area contributed by atoms with Gasteiger partial charge in [0.2, 0.25) is 0 Å². The first-order valence-corrected chi connectivity index (χ1v) is 8.90. The highest BCUT2D eigenvalue weighted by Gasteiger charge is 2.27. The molecule has 0 spiro atoms. The Labute approximate surface area is 139 Å². The predicted octanol–water partition coefficient (Wildman–Crippen LogP) is 5.03. The molecule has 3 nitrogen and oxygen atoms in total. The first-order valence-electron chi connectivity index (χ1n) is 7.41. The van der Waals surface area contributed by atoms with Crippen LogP contribution in [0, 0.1) is 6.92 Å². The Kier molecular flexibility index (Phi) is 10.7. The van der Waals surface area contributed by atoms with Gasteiger partial charge in [0, 0.05) is 12.3 Å². The fourth-order valence-corrected chi connectivity index (χ4v) is 2.51. The van der Waals surface area contributed by atoms with Crippen LogP contribution in [-0.4, -0.2) is 38.1 Å². The van der Waals surface area contributed by atoms with Crippen LogP contribution in [0.4, 0.5) is 18.9 Å². The number of halogens is 3. The molecule has 0 aromatic heterocycles. The SMILES string of the molecule is C=S(CCCNc1cc(C)ccc1OC)OCC(F)(F)F.CC. The molecule has 1 aromatic rings. The average Bonchev–Trinajstić information content (AvgIpc) is 2.51. The van der Waals surface area contributed by atoms with Crippen LogP contribution in [0.1, 0.15) is 25.8 Å². The van der Waals surface area contributed by atoms with Gasteiger partial charge in [-0.1, -0.05) is 30.7 Å². The first kappa shape index (κ1) is 21.8. The summed E-state index contributed by atoms with van der Waals surface area (Å²) in [5.74, 6) is 4.81.